The molecule has 0 aromatic heterocycles. The summed E-state index contributed by atoms with van der Waals surface area (Å²) in [4.78, 5) is 13.8. The number of benzene rings is 1. The highest BCUT2D eigenvalue weighted by molar-refractivity contribution is 5.91. The number of hydrogen-bond acceptors (Lipinski definition) is 3. The predicted molar refractivity (Wildman–Crippen MR) is 60.0 cm³/mol. The van der Waals surface area contributed by atoms with E-state index in [0.29, 0.717) is 17.3 Å². The van der Waals surface area contributed by atoms with E-state index in [1.807, 2.05) is 24.3 Å². The molecule has 3 rings (SSSR count). The van der Waals surface area contributed by atoms with Crippen molar-refractivity contribution in [2.45, 2.75) is 18.9 Å². The lowest BCUT2D eigenvalue weighted by Gasteiger charge is -2.28. The molecule has 3 heteroatoms. The highest BCUT2D eigenvalue weighted by Crippen LogP contribution is 2.37. The van der Waals surface area contributed by atoms with Gasteiger partial charge in [-0.3, -0.25) is 4.79 Å². The van der Waals surface area contributed by atoms with E-state index in [0.717, 1.165) is 25.1 Å². The maximum Gasteiger partial charge on any atom is 0.155 e. The van der Waals surface area contributed by atoms with Gasteiger partial charge in [0.2, 0.25) is 0 Å². The molecule has 1 saturated carbocycles. The zero-order valence-corrected chi connectivity index (χ0v) is 8.89. The Balaban J connectivity index is 1.88. The van der Waals surface area contributed by atoms with E-state index < -0.39 is 0 Å². The first-order chi connectivity index (χ1) is 7.78. The summed E-state index contributed by atoms with van der Waals surface area (Å²) in [5.41, 5.74) is 1.74. The Kier molecular flexibility index (Phi) is 1.97. The predicted octanol–water partition coefficient (Wildman–Crippen LogP) is 1.73. The van der Waals surface area contributed by atoms with Gasteiger partial charge in [-0.05, 0) is 36.6 Å². The van der Waals surface area contributed by atoms with Gasteiger partial charge in [0.1, 0.15) is 0 Å². The number of piperidine rings is 1. The zero-order valence-electron chi connectivity index (χ0n) is 8.89. The molecule has 80 valence electrons. The lowest BCUT2D eigenvalue weighted by Crippen LogP contribution is -2.38. The Morgan fingerprint density at radius 3 is 2.62 bits per heavy atom. The monoisotopic (exact) mass is 212 g/mol. The molecule has 0 spiro atoms. The van der Waals surface area contributed by atoms with Gasteiger partial charge in [-0.15, -0.1) is 0 Å². The number of fused-ring (bicyclic) bond motifs is 2. The highest BCUT2D eigenvalue weighted by atomic mass is 16.1. The Morgan fingerprint density at radius 1 is 1.31 bits per heavy atom. The van der Waals surface area contributed by atoms with Crippen LogP contribution in [0.3, 0.4) is 0 Å². The molecule has 0 amide bonds. The number of Topliss-reactive ketones (excluding diaryl/α,β-unsaturated/α-hetero) is 1. The Bertz CT molecular complexity index is 472. The standard InChI is InChI=1S/C13H12N2O/c14-7-9-1-3-11(4-2-9)15-8-10-5-12(15)13(16)6-10/h1-4,10,12H,5-6,8H2. The van der Waals surface area contributed by atoms with Crippen molar-refractivity contribution in [2.24, 2.45) is 5.92 Å². The summed E-state index contributed by atoms with van der Waals surface area (Å²) in [7, 11) is 0. The van der Waals surface area contributed by atoms with Crippen LogP contribution in [-0.4, -0.2) is 18.4 Å². The van der Waals surface area contributed by atoms with Gasteiger partial charge >= 0.3 is 0 Å². The maximum absolute atomic E-state index is 11.6. The summed E-state index contributed by atoms with van der Waals surface area (Å²) in [6, 6.07) is 9.69. The van der Waals surface area contributed by atoms with Crippen molar-refractivity contribution < 1.29 is 4.79 Å². The lowest BCUT2D eigenvalue weighted by molar-refractivity contribution is -0.119. The van der Waals surface area contributed by atoms with Gasteiger partial charge in [0, 0.05) is 18.7 Å². The number of nitrogens with zero attached hydrogens (tertiary/aromatic N) is 2. The fraction of sp³-hybridized carbons (Fsp3) is 0.385. The molecule has 2 aliphatic rings. The van der Waals surface area contributed by atoms with Crippen LogP contribution in [0.5, 0.6) is 0 Å². The van der Waals surface area contributed by atoms with Crippen LogP contribution in [0.25, 0.3) is 0 Å². The molecule has 1 aromatic carbocycles. The molecule has 2 atom stereocenters. The van der Waals surface area contributed by atoms with E-state index in [-0.39, 0.29) is 6.04 Å². The van der Waals surface area contributed by atoms with Crippen molar-refractivity contribution in [1.82, 2.24) is 0 Å². The number of rotatable bonds is 1. The second-order valence-electron chi connectivity index (χ2n) is 4.60. The lowest BCUT2D eigenvalue weighted by atomic mass is 10.1. The third kappa shape index (κ3) is 1.30. The molecule has 1 aliphatic carbocycles. The summed E-state index contributed by atoms with van der Waals surface area (Å²) in [5.74, 6) is 0.925. The third-order valence-electron chi connectivity index (χ3n) is 3.58. The zero-order chi connectivity index (χ0) is 11.1. The van der Waals surface area contributed by atoms with Gasteiger partial charge < -0.3 is 4.90 Å². The SMILES string of the molecule is N#Cc1ccc(N2CC3CC(=O)C2C3)cc1. The fourth-order valence-electron chi connectivity index (χ4n) is 2.81. The van der Waals surface area contributed by atoms with E-state index in [1.54, 1.807) is 0 Å². The molecule has 0 radical (unpaired) electrons. The molecule has 1 heterocycles. The van der Waals surface area contributed by atoms with Gasteiger partial charge in [0.05, 0.1) is 17.7 Å². The van der Waals surface area contributed by atoms with Gasteiger partial charge in [-0.25, -0.2) is 0 Å². The molecule has 2 unspecified atom stereocenters. The molecule has 0 N–H and O–H groups in total. The van der Waals surface area contributed by atoms with Crippen LogP contribution in [0.1, 0.15) is 18.4 Å². The topological polar surface area (TPSA) is 44.1 Å². The molecule has 1 aliphatic heterocycles. The molecule has 2 bridgehead atoms. The van der Waals surface area contributed by atoms with Crippen molar-refractivity contribution in [2.75, 3.05) is 11.4 Å². The van der Waals surface area contributed by atoms with Crippen LogP contribution in [0.15, 0.2) is 24.3 Å². The van der Waals surface area contributed by atoms with E-state index in [9.17, 15) is 4.79 Å². The Labute approximate surface area is 94.3 Å². The minimum absolute atomic E-state index is 0.0953. The number of carbonyl (C=O) groups excluding carboxylic acids is 1. The molecular formula is C13H12N2O. The minimum atomic E-state index is 0.0953. The quantitative estimate of drug-likeness (QED) is 0.712. The number of nitriles is 1. The largest absolute Gasteiger partial charge is 0.361 e. The van der Waals surface area contributed by atoms with E-state index in [2.05, 4.69) is 11.0 Å². The third-order valence-corrected chi connectivity index (χ3v) is 3.58. The van der Waals surface area contributed by atoms with E-state index >= 15 is 0 Å². The number of ketones is 1. The summed E-state index contributed by atoms with van der Waals surface area (Å²) in [6.07, 6.45) is 1.77. The van der Waals surface area contributed by atoms with Crippen molar-refractivity contribution >= 4 is 11.5 Å². The van der Waals surface area contributed by atoms with Crippen molar-refractivity contribution in [3.05, 3.63) is 29.8 Å². The van der Waals surface area contributed by atoms with Gasteiger partial charge in [0.25, 0.3) is 0 Å². The average molecular weight is 212 g/mol. The minimum Gasteiger partial charge on any atom is -0.361 e. The second-order valence-corrected chi connectivity index (χ2v) is 4.60. The van der Waals surface area contributed by atoms with E-state index in [4.69, 9.17) is 5.26 Å². The fourth-order valence-corrected chi connectivity index (χ4v) is 2.81. The van der Waals surface area contributed by atoms with Gasteiger partial charge in [-0.1, -0.05) is 0 Å². The number of anilines is 1. The number of hydrogen-bond donors (Lipinski definition) is 0. The summed E-state index contributed by atoms with van der Waals surface area (Å²) >= 11 is 0. The van der Waals surface area contributed by atoms with Crippen LogP contribution >= 0.6 is 0 Å². The van der Waals surface area contributed by atoms with E-state index in [1.165, 1.54) is 0 Å². The summed E-state index contributed by atoms with van der Waals surface area (Å²) in [5, 5.41) is 8.72. The van der Waals surface area contributed by atoms with Crippen LogP contribution in [0.2, 0.25) is 0 Å². The number of carbonyl (C=O) groups is 1. The van der Waals surface area contributed by atoms with Crippen molar-refractivity contribution in [3.8, 4) is 6.07 Å². The highest BCUT2D eigenvalue weighted by Gasteiger charge is 2.43. The first-order valence-corrected chi connectivity index (χ1v) is 5.57. The average Bonchev–Trinajstić information content (AvgIpc) is 2.88. The molecule has 1 saturated heterocycles. The van der Waals surface area contributed by atoms with Crippen LogP contribution < -0.4 is 4.90 Å². The molecule has 2 fully saturated rings. The Morgan fingerprint density at radius 2 is 2.06 bits per heavy atom. The molecular weight excluding hydrogens is 200 g/mol. The van der Waals surface area contributed by atoms with Crippen LogP contribution in [0.4, 0.5) is 5.69 Å². The second kappa shape index (κ2) is 3.34. The summed E-state index contributed by atoms with van der Waals surface area (Å²) in [6.45, 7) is 0.988. The van der Waals surface area contributed by atoms with Gasteiger partial charge in [0.15, 0.2) is 5.78 Å². The molecule has 16 heavy (non-hydrogen) atoms. The normalized spacial score (nSPS) is 27.2. The van der Waals surface area contributed by atoms with Crippen LogP contribution in [-0.2, 0) is 4.79 Å². The van der Waals surface area contributed by atoms with Crippen molar-refractivity contribution in [3.63, 3.8) is 0 Å². The smallest absolute Gasteiger partial charge is 0.155 e. The first kappa shape index (κ1) is 9.41. The molecule has 1 aromatic rings. The summed E-state index contributed by atoms with van der Waals surface area (Å²) < 4.78 is 0. The van der Waals surface area contributed by atoms with Crippen molar-refractivity contribution in [1.29, 1.82) is 5.26 Å². The maximum atomic E-state index is 11.6. The van der Waals surface area contributed by atoms with Crippen LogP contribution in [0, 0.1) is 17.2 Å². The van der Waals surface area contributed by atoms with Gasteiger partial charge in [-0.2, -0.15) is 5.26 Å². The Hall–Kier alpha value is -1.82. The molecule has 3 nitrogen and oxygen atoms in total. The first-order valence-electron chi connectivity index (χ1n) is 5.57.